The molecule has 0 aromatic heterocycles. The molecule has 0 heterocycles. The Balaban J connectivity index is 2.25. The average Bonchev–Trinajstić information content (AvgIpc) is 2.39. The summed E-state index contributed by atoms with van der Waals surface area (Å²) < 4.78 is 26.9. The quantitative estimate of drug-likeness (QED) is 0.683. The third-order valence-electron chi connectivity index (χ3n) is 2.87. The van der Waals surface area contributed by atoms with Crippen molar-refractivity contribution < 1.29 is 13.7 Å². The number of nitrogens with one attached hydrogen (secondary N) is 1. The fraction of sp³-hybridized carbons (Fsp3) is 0.143. The summed E-state index contributed by atoms with van der Waals surface area (Å²) in [5.41, 5.74) is 0.687. The molecule has 0 amide bonds. The summed E-state index contributed by atoms with van der Waals surface area (Å²) in [5.74, 6) is -1.38. The first-order valence-corrected chi connectivity index (χ1v) is 5.91. The van der Waals surface area contributed by atoms with Gasteiger partial charge in [0.05, 0.1) is 4.92 Å². The number of hydrogen-bond donors (Lipinski definition) is 1. The van der Waals surface area contributed by atoms with Gasteiger partial charge in [-0.1, -0.05) is 12.1 Å². The number of anilines is 1. The monoisotopic (exact) mass is 278 g/mol. The molecular formula is C14H12F2N2O2. The molecule has 4 nitrogen and oxygen atoms in total. The first-order valence-electron chi connectivity index (χ1n) is 5.91. The molecule has 0 radical (unpaired) electrons. The number of nitro groups is 1. The number of halogens is 2. The van der Waals surface area contributed by atoms with Gasteiger partial charge in [-0.2, -0.15) is 0 Å². The zero-order valence-electron chi connectivity index (χ0n) is 10.7. The van der Waals surface area contributed by atoms with Crippen LogP contribution in [0.2, 0.25) is 0 Å². The summed E-state index contributed by atoms with van der Waals surface area (Å²) in [6.07, 6.45) is 0. The summed E-state index contributed by atoms with van der Waals surface area (Å²) in [4.78, 5) is 10.4. The molecule has 1 N–H and O–H groups in total. The van der Waals surface area contributed by atoms with Crippen molar-refractivity contribution in [2.24, 2.45) is 0 Å². The maximum atomic E-state index is 13.5. The van der Waals surface area contributed by atoms with Crippen LogP contribution in [-0.4, -0.2) is 4.92 Å². The third-order valence-corrected chi connectivity index (χ3v) is 2.87. The Kier molecular flexibility index (Phi) is 3.93. The van der Waals surface area contributed by atoms with Crippen molar-refractivity contribution in [3.8, 4) is 0 Å². The van der Waals surface area contributed by atoms with E-state index in [0.29, 0.717) is 0 Å². The predicted octanol–water partition coefficient (Wildman–Crippen LogP) is 3.79. The van der Waals surface area contributed by atoms with Crippen LogP contribution >= 0.6 is 0 Å². The van der Waals surface area contributed by atoms with E-state index >= 15 is 0 Å². The van der Waals surface area contributed by atoms with E-state index in [9.17, 15) is 18.9 Å². The zero-order valence-corrected chi connectivity index (χ0v) is 10.7. The molecule has 0 aliphatic carbocycles. The highest BCUT2D eigenvalue weighted by Crippen LogP contribution is 2.26. The molecule has 0 saturated carbocycles. The molecule has 20 heavy (non-hydrogen) atoms. The summed E-state index contributed by atoms with van der Waals surface area (Å²) in [6.45, 7) is 1.57. The Morgan fingerprint density at radius 1 is 1.20 bits per heavy atom. The van der Waals surface area contributed by atoms with E-state index in [0.717, 1.165) is 17.7 Å². The Hall–Kier alpha value is -2.50. The standard InChI is InChI=1S/C14H12F2N2O2/c1-9-5-6-13(14(7-9)18(19)20)17-8-10-11(15)3-2-4-12(10)16/h2-7,17H,8H2,1H3. The minimum Gasteiger partial charge on any atom is -0.375 e. The van der Waals surface area contributed by atoms with Crippen LogP contribution < -0.4 is 5.32 Å². The van der Waals surface area contributed by atoms with Crippen molar-refractivity contribution in [1.82, 2.24) is 0 Å². The van der Waals surface area contributed by atoms with Crippen molar-refractivity contribution in [3.05, 3.63) is 69.3 Å². The number of hydrogen-bond acceptors (Lipinski definition) is 3. The molecule has 0 fully saturated rings. The Morgan fingerprint density at radius 2 is 1.85 bits per heavy atom. The second-order valence-corrected chi connectivity index (χ2v) is 4.33. The van der Waals surface area contributed by atoms with E-state index in [1.807, 2.05) is 0 Å². The van der Waals surface area contributed by atoms with Gasteiger partial charge in [-0.05, 0) is 30.7 Å². The van der Waals surface area contributed by atoms with Crippen molar-refractivity contribution in [2.45, 2.75) is 13.5 Å². The SMILES string of the molecule is Cc1ccc(NCc2c(F)cccc2F)c([N+](=O)[O-])c1. The molecule has 0 saturated heterocycles. The van der Waals surface area contributed by atoms with Gasteiger partial charge in [0, 0.05) is 18.2 Å². The molecule has 104 valence electrons. The summed E-state index contributed by atoms with van der Waals surface area (Å²) in [7, 11) is 0. The van der Waals surface area contributed by atoms with Gasteiger partial charge in [0.25, 0.3) is 5.69 Å². The Labute approximate surface area is 114 Å². The molecule has 0 atom stereocenters. The summed E-state index contributed by atoms with van der Waals surface area (Å²) >= 11 is 0. The highest BCUT2D eigenvalue weighted by atomic mass is 19.1. The van der Waals surface area contributed by atoms with E-state index in [4.69, 9.17) is 0 Å². The molecule has 0 unspecified atom stereocenters. The first-order chi connectivity index (χ1) is 9.49. The molecule has 2 aromatic carbocycles. The van der Waals surface area contributed by atoms with Gasteiger partial charge < -0.3 is 5.32 Å². The minimum absolute atomic E-state index is 0.123. The predicted molar refractivity (Wildman–Crippen MR) is 71.5 cm³/mol. The van der Waals surface area contributed by atoms with Gasteiger partial charge in [-0.3, -0.25) is 10.1 Å². The Bertz CT molecular complexity index is 639. The van der Waals surface area contributed by atoms with Crippen molar-refractivity contribution in [1.29, 1.82) is 0 Å². The lowest BCUT2D eigenvalue weighted by atomic mass is 10.1. The molecular weight excluding hydrogens is 266 g/mol. The van der Waals surface area contributed by atoms with E-state index < -0.39 is 16.6 Å². The number of rotatable bonds is 4. The maximum Gasteiger partial charge on any atom is 0.292 e. The largest absolute Gasteiger partial charge is 0.375 e. The number of aryl methyl sites for hydroxylation is 1. The molecule has 6 heteroatoms. The van der Waals surface area contributed by atoms with Gasteiger partial charge >= 0.3 is 0 Å². The fourth-order valence-corrected chi connectivity index (χ4v) is 1.83. The van der Waals surface area contributed by atoms with Gasteiger partial charge in [0.1, 0.15) is 17.3 Å². The van der Waals surface area contributed by atoms with Crippen molar-refractivity contribution >= 4 is 11.4 Å². The topological polar surface area (TPSA) is 55.2 Å². The molecule has 2 rings (SSSR count). The van der Waals surface area contributed by atoms with E-state index in [1.54, 1.807) is 13.0 Å². The molecule has 0 aliphatic heterocycles. The third kappa shape index (κ3) is 2.90. The van der Waals surface area contributed by atoms with Gasteiger partial charge in [-0.25, -0.2) is 8.78 Å². The molecule has 0 spiro atoms. The fourth-order valence-electron chi connectivity index (χ4n) is 1.83. The van der Waals surface area contributed by atoms with Crippen LogP contribution in [0.4, 0.5) is 20.2 Å². The van der Waals surface area contributed by atoms with E-state index in [-0.39, 0.29) is 23.5 Å². The lowest BCUT2D eigenvalue weighted by Gasteiger charge is -2.09. The van der Waals surface area contributed by atoms with Crippen LogP contribution in [0.15, 0.2) is 36.4 Å². The van der Waals surface area contributed by atoms with E-state index in [2.05, 4.69) is 5.32 Å². The number of nitrogens with zero attached hydrogens (tertiary/aromatic N) is 1. The molecule has 0 bridgehead atoms. The van der Waals surface area contributed by atoms with Crippen molar-refractivity contribution in [2.75, 3.05) is 5.32 Å². The van der Waals surface area contributed by atoms with Crippen LogP contribution in [0.25, 0.3) is 0 Å². The molecule has 0 aliphatic rings. The normalized spacial score (nSPS) is 10.3. The molecule has 2 aromatic rings. The van der Waals surface area contributed by atoms with Gasteiger partial charge in [0.2, 0.25) is 0 Å². The highest BCUT2D eigenvalue weighted by Gasteiger charge is 2.15. The second kappa shape index (κ2) is 5.64. The van der Waals surface area contributed by atoms with Crippen LogP contribution in [0.5, 0.6) is 0 Å². The van der Waals surface area contributed by atoms with Crippen molar-refractivity contribution in [3.63, 3.8) is 0 Å². The number of benzene rings is 2. The van der Waals surface area contributed by atoms with Crippen LogP contribution in [0.1, 0.15) is 11.1 Å². The maximum absolute atomic E-state index is 13.5. The number of nitro benzene ring substituents is 1. The Morgan fingerprint density at radius 3 is 2.45 bits per heavy atom. The summed E-state index contributed by atoms with van der Waals surface area (Å²) in [6, 6.07) is 8.16. The minimum atomic E-state index is -0.688. The zero-order chi connectivity index (χ0) is 14.7. The first kappa shape index (κ1) is 13.9. The summed E-state index contributed by atoms with van der Waals surface area (Å²) in [5, 5.41) is 13.6. The van der Waals surface area contributed by atoms with Crippen LogP contribution in [-0.2, 0) is 6.54 Å². The lowest BCUT2D eigenvalue weighted by Crippen LogP contribution is -2.06. The average molecular weight is 278 g/mol. The van der Waals surface area contributed by atoms with E-state index in [1.165, 1.54) is 18.2 Å². The van der Waals surface area contributed by atoms with Crippen LogP contribution in [0.3, 0.4) is 0 Å². The smallest absolute Gasteiger partial charge is 0.292 e. The van der Waals surface area contributed by atoms with Gasteiger partial charge in [0.15, 0.2) is 0 Å². The van der Waals surface area contributed by atoms with Gasteiger partial charge in [-0.15, -0.1) is 0 Å². The highest BCUT2D eigenvalue weighted by molar-refractivity contribution is 5.62. The lowest BCUT2D eigenvalue weighted by molar-refractivity contribution is -0.384. The van der Waals surface area contributed by atoms with Crippen LogP contribution in [0, 0.1) is 28.7 Å². The second-order valence-electron chi connectivity index (χ2n) is 4.33.